The van der Waals surface area contributed by atoms with Gasteiger partial charge >= 0.3 is 0 Å². The Hall–Kier alpha value is -1.10. The lowest BCUT2D eigenvalue weighted by Crippen LogP contribution is -2.35. The fourth-order valence-electron chi connectivity index (χ4n) is 2.96. The number of ether oxygens (including phenoxy) is 1. The van der Waals surface area contributed by atoms with E-state index in [4.69, 9.17) is 10.5 Å². The highest BCUT2D eigenvalue weighted by molar-refractivity contribution is 5.47. The molecule has 0 radical (unpaired) electrons. The zero-order valence-electron chi connectivity index (χ0n) is 14.0. The van der Waals surface area contributed by atoms with Crippen molar-refractivity contribution in [3.8, 4) is 5.75 Å². The Kier molecular flexibility index (Phi) is 4.91. The van der Waals surface area contributed by atoms with Gasteiger partial charge in [0.05, 0.1) is 6.04 Å². The normalized spacial score (nSPS) is 17.9. The minimum atomic E-state index is -0.111. The number of nitrogens with zero attached hydrogens (tertiary/aromatic N) is 2. The summed E-state index contributed by atoms with van der Waals surface area (Å²) in [6, 6.07) is 6.65. The topological polar surface area (TPSA) is 41.7 Å². The van der Waals surface area contributed by atoms with E-state index < -0.39 is 0 Å². The van der Waals surface area contributed by atoms with Gasteiger partial charge in [-0.1, -0.05) is 18.2 Å². The van der Waals surface area contributed by atoms with Crippen molar-refractivity contribution < 1.29 is 4.74 Å². The SMILES string of the molecule is CN(C)CCN(C)C(CN)c1cccc2c1OC(C)(C)C2. The summed E-state index contributed by atoms with van der Waals surface area (Å²) in [6.45, 7) is 6.90. The Morgan fingerprint density at radius 1 is 1.24 bits per heavy atom. The summed E-state index contributed by atoms with van der Waals surface area (Å²) in [5.74, 6) is 1.05. The van der Waals surface area contributed by atoms with Crippen LogP contribution >= 0.6 is 0 Å². The summed E-state index contributed by atoms with van der Waals surface area (Å²) in [4.78, 5) is 4.52. The van der Waals surface area contributed by atoms with Crippen molar-refractivity contribution in [1.82, 2.24) is 9.80 Å². The Bertz CT molecular complexity index is 485. The first-order valence-corrected chi connectivity index (χ1v) is 7.70. The summed E-state index contributed by atoms with van der Waals surface area (Å²) in [5, 5.41) is 0. The van der Waals surface area contributed by atoms with Crippen LogP contribution in [0.5, 0.6) is 5.75 Å². The van der Waals surface area contributed by atoms with Crippen LogP contribution in [0, 0.1) is 0 Å². The minimum Gasteiger partial charge on any atom is -0.487 e. The summed E-state index contributed by atoms with van der Waals surface area (Å²) >= 11 is 0. The average molecular weight is 291 g/mol. The number of hydrogen-bond acceptors (Lipinski definition) is 4. The summed E-state index contributed by atoms with van der Waals surface area (Å²) in [7, 11) is 6.33. The first-order chi connectivity index (χ1) is 9.84. The molecule has 118 valence electrons. The number of para-hydroxylation sites is 1. The van der Waals surface area contributed by atoms with Crippen molar-refractivity contribution in [1.29, 1.82) is 0 Å². The van der Waals surface area contributed by atoms with Gasteiger partial charge in [-0.3, -0.25) is 4.90 Å². The van der Waals surface area contributed by atoms with Gasteiger partial charge in [0.25, 0.3) is 0 Å². The zero-order chi connectivity index (χ0) is 15.6. The van der Waals surface area contributed by atoms with Crippen molar-refractivity contribution in [3.05, 3.63) is 29.3 Å². The molecule has 1 aliphatic heterocycles. The van der Waals surface area contributed by atoms with Crippen LogP contribution in [0.4, 0.5) is 0 Å². The van der Waals surface area contributed by atoms with Gasteiger partial charge in [0.15, 0.2) is 0 Å². The lowest BCUT2D eigenvalue weighted by atomic mass is 9.97. The van der Waals surface area contributed by atoms with Crippen molar-refractivity contribution in [2.75, 3.05) is 40.8 Å². The number of hydrogen-bond donors (Lipinski definition) is 1. The molecule has 1 aliphatic rings. The third-order valence-corrected chi connectivity index (χ3v) is 4.14. The summed E-state index contributed by atoms with van der Waals surface area (Å²) in [6.07, 6.45) is 0.967. The van der Waals surface area contributed by atoms with Crippen molar-refractivity contribution in [2.24, 2.45) is 5.73 Å². The average Bonchev–Trinajstić information content (AvgIpc) is 2.72. The summed E-state index contributed by atoms with van der Waals surface area (Å²) in [5.41, 5.74) is 8.48. The highest BCUT2D eigenvalue weighted by Crippen LogP contribution is 2.40. The molecule has 1 heterocycles. The van der Waals surface area contributed by atoms with Crippen molar-refractivity contribution in [3.63, 3.8) is 0 Å². The molecule has 1 aromatic carbocycles. The van der Waals surface area contributed by atoms with Gasteiger partial charge in [-0.05, 0) is 40.6 Å². The molecule has 0 aliphatic carbocycles. The van der Waals surface area contributed by atoms with E-state index in [2.05, 4.69) is 63.0 Å². The highest BCUT2D eigenvalue weighted by atomic mass is 16.5. The molecule has 1 unspecified atom stereocenters. The minimum absolute atomic E-state index is 0.111. The number of rotatable bonds is 6. The van der Waals surface area contributed by atoms with E-state index in [1.165, 1.54) is 11.1 Å². The standard InChI is InChI=1S/C17H29N3O/c1-17(2)11-13-7-6-8-14(16(13)21-17)15(12-18)20(5)10-9-19(3)4/h6-8,15H,9-12,18H2,1-5H3. The van der Waals surface area contributed by atoms with Crippen LogP contribution in [0.1, 0.15) is 31.0 Å². The van der Waals surface area contributed by atoms with Gasteiger partial charge in [0.2, 0.25) is 0 Å². The molecule has 2 N–H and O–H groups in total. The largest absolute Gasteiger partial charge is 0.487 e. The van der Waals surface area contributed by atoms with Gasteiger partial charge < -0.3 is 15.4 Å². The molecule has 2 rings (SSSR count). The smallest absolute Gasteiger partial charge is 0.128 e. The third-order valence-electron chi connectivity index (χ3n) is 4.14. The molecule has 1 atom stereocenters. The maximum absolute atomic E-state index is 6.19. The lowest BCUT2D eigenvalue weighted by Gasteiger charge is -2.30. The molecular weight excluding hydrogens is 262 g/mol. The molecule has 1 aromatic rings. The van der Waals surface area contributed by atoms with Gasteiger partial charge in [0.1, 0.15) is 11.4 Å². The van der Waals surface area contributed by atoms with Gasteiger partial charge in [-0.25, -0.2) is 0 Å². The lowest BCUT2D eigenvalue weighted by molar-refractivity contribution is 0.133. The fraction of sp³-hybridized carbons (Fsp3) is 0.647. The number of likely N-dealkylation sites (N-methyl/N-ethyl adjacent to an activating group) is 2. The van der Waals surface area contributed by atoms with E-state index in [1.54, 1.807) is 0 Å². The van der Waals surface area contributed by atoms with Crippen LogP contribution in [0.15, 0.2) is 18.2 Å². The first kappa shape index (κ1) is 16.3. The molecule has 21 heavy (non-hydrogen) atoms. The maximum Gasteiger partial charge on any atom is 0.128 e. The second kappa shape index (κ2) is 6.34. The van der Waals surface area contributed by atoms with Crippen LogP contribution in [-0.2, 0) is 6.42 Å². The molecule has 0 saturated heterocycles. The molecule has 0 bridgehead atoms. The monoisotopic (exact) mass is 291 g/mol. The predicted octanol–water partition coefficient (Wildman–Crippen LogP) is 1.89. The Morgan fingerprint density at radius 2 is 1.95 bits per heavy atom. The quantitative estimate of drug-likeness (QED) is 0.869. The fourth-order valence-corrected chi connectivity index (χ4v) is 2.96. The Labute approximate surface area is 128 Å². The van der Waals surface area contributed by atoms with Crippen LogP contribution in [0.2, 0.25) is 0 Å². The predicted molar refractivity (Wildman–Crippen MR) is 87.8 cm³/mol. The molecule has 0 aromatic heterocycles. The van der Waals surface area contributed by atoms with E-state index in [0.717, 1.165) is 25.3 Å². The first-order valence-electron chi connectivity index (χ1n) is 7.70. The number of nitrogens with two attached hydrogens (primary N) is 1. The molecule has 4 heteroatoms. The van der Waals surface area contributed by atoms with Crippen LogP contribution < -0.4 is 10.5 Å². The maximum atomic E-state index is 6.19. The van der Waals surface area contributed by atoms with Crippen molar-refractivity contribution >= 4 is 0 Å². The molecular formula is C17H29N3O. The van der Waals surface area contributed by atoms with E-state index in [-0.39, 0.29) is 11.6 Å². The second-order valence-electron chi connectivity index (χ2n) is 6.91. The molecule has 0 spiro atoms. The van der Waals surface area contributed by atoms with Crippen LogP contribution in [0.25, 0.3) is 0 Å². The van der Waals surface area contributed by atoms with E-state index in [9.17, 15) is 0 Å². The number of benzene rings is 1. The molecule has 0 fully saturated rings. The Balaban J connectivity index is 2.22. The zero-order valence-corrected chi connectivity index (χ0v) is 14.0. The van der Waals surface area contributed by atoms with Gasteiger partial charge in [-0.2, -0.15) is 0 Å². The van der Waals surface area contributed by atoms with Crippen molar-refractivity contribution in [2.45, 2.75) is 31.9 Å². The van der Waals surface area contributed by atoms with E-state index in [1.807, 2.05) is 0 Å². The van der Waals surface area contributed by atoms with E-state index >= 15 is 0 Å². The van der Waals surface area contributed by atoms with Gasteiger partial charge in [-0.15, -0.1) is 0 Å². The van der Waals surface area contributed by atoms with Crippen LogP contribution in [0.3, 0.4) is 0 Å². The van der Waals surface area contributed by atoms with Gasteiger partial charge in [0, 0.05) is 31.6 Å². The summed E-state index contributed by atoms with van der Waals surface area (Å²) < 4.78 is 6.19. The molecule has 4 nitrogen and oxygen atoms in total. The third kappa shape index (κ3) is 3.76. The second-order valence-corrected chi connectivity index (χ2v) is 6.91. The Morgan fingerprint density at radius 3 is 2.57 bits per heavy atom. The highest BCUT2D eigenvalue weighted by Gasteiger charge is 2.33. The van der Waals surface area contributed by atoms with E-state index in [0.29, 0.717) is 6.54 Å². The number of fused-ring (bicyclic) bond motifs is 1. The van der Waals surface area contributed by atoms with Crippen LogP contribution in [-0.4, -0.2) is 56.2 Å². The molecule has 0 saturated carbocycles. The molecule has 0 amide bonds.